The van der Waals surface area contributed by atoms with Crippen molar-refractivity contribution in [1.82, 2.24) is 0 Å². The van der Waals surface area contributed by atoms with Crippen LogP contribution in [-0.4, -0.2) is 11.8 Å². The first-order valence-corrected chi connectivity index (χ1v) is 3.86. The van der Waals surface area contributed by atoms with Crippen molar-refractivity contribution >= 4 is 11.8 Å². The Labute approximate surface area is 54.3 Å². The van der Waals surface area contributed by atoms with Crippen LogP contribution < -0.4 is 5.73 Å². The molecule has 46 valence electrons. The van der Waals surface area contributed by atoms with E-state index in [1.165, 1.54) is 12.2 Å². The van der Waals surface area contributed by atoms with E-state index >= 15 is 0 Å². The van der Waals surface area contributed by atoms with Crippen molar-refractivity contribution in [2.75, 3.05) is 5.75 Å². The van der Waals surface area contributed by atoms with E-state index in [1.54, 1.807) is 11.8 Å². The molecule has 1 aliphatic rings. The van der Waals surface area contributed by atoms with Gasteiger partial charge in [0.05, 0.1) is 0 Å². The first-order chi connectivity index (χ1) is 3.80. The Morgan fingerprint density at radius 2 is 2.50 bits per heavy atom. The van der Waals surface area contributed by atoms with Crippen LogP contribution in [0.15, 0.2) is 11.5 Å². The van der Waals surface area contributed by atoms with Crippen LogP contribution in [0.1, 0.15) is 12.8 Å². The quantitative estimate of drug-likeness (QED) is 0.534. The molecule has 0 aromatic heterocycles. The van der Waals surface area contributed by atoms with Gasteiger partial charge in [0.1, 0.15) is 0 Å². The van der Waals surface area contributed by atoms with Gasteiger partial charge in [-0.3, -0.25) is 0 Å². The van der Waals surface area contributed by atoms with Gasteiger partial charge in [-0.05, 0) is 23.5 Å². The highest BCUT2D eigenvalue weighted by Gasteiger charge is 2.11. The maximum atomic E-state index is 5.66. The molecular weight excluding hydrogens is 118 g/mol. The molecule has 1 nitrogen and oxygen atoms in total. The van der Waals surface area contributed by atoms with E-state index in [2.05, 4.69) is 6.58 Å². The smallest absolute Gasteiger partial charge is 0.0349 e. The average Bonchev–Trinajstić information content (AvgIpc) is 1.77. The highest BCUT2D eigenvalue weighted by Crippen LogP contribution is 2.25. The van der Waals surface area contributed by atoms with Crippen LogP contribution in [0.4, 0.5) is 0 Å². The average molecular weight is 129 g/mol. The molecule has 8 heavy (non-hydrogen) atoms. The summed E-state index contributed by atoms with van der Waals surface area (Å²) in [6.45, 7) is 3.83. The van der Waals surface area contributed by atoms with Gasteiger partial charge in [-0.15, -0.1) is 11.8 Å². The summed E-state index contributed by atoms with van der Waals surface area (Å²) < 4.78 is 0. The highest BCUT2D eigenvalue weighted by molar-refractivity contribution is 8.03. The first-order valence-electron chi connectivity index (χ1n) is 2.88. The van der Waals surface area contributed by atoms with Crippen LogP contribution in [-0.2, 0) is 0 Å². The Morgan fingerprint density at radius 1 is 1.75 bits per heavy atom. The van der Waals surface area contributed by atoms with Crippen molar-refractivity contribution in [2.24, 2.45) is 5.73 Å². The van der Waals surface area contributed by atoms with E-state index in [0.717, 1.165) is 11.3 Å². The maximum absolute atomic E-state index is 5.66. The van der Waals surface area contributed by atoms with Crippen LogP contribution in [0, 0.1) is 0 Å². The van der Waals surface area contributed by atoms with Gasteiger partial charge in [0, 0.05) is 6.04 Å². The molecular formula is C6H11NS. The van der Waals surface area contributed by atoms with E-state index in [0.29, 0.717) is 0 Å². The molecule has 0 radical (unpaired) electrons. The molecule has 1 aliphatic heterocycles. The standard InChI is InChI=1S/C6H11NS/c1-5-6(7)3-2-4-8-5/h6H,1-4,7H2. The lowest BCUT2D eigenvalue weighted by Gasteiger charge is -2.18. The van der Waals surface area contributed by atoms with Gasteiger partial charge in [-0.25, -0.2) is 0 Å². The fourth-order valence-corrected chi connectivity index (χ4v) is 1.68. The molecule has 0 bridgehead atoms. The van der Waals surface area contributed by atoms with Crippen molar-refractivity contribution < 1.29 is 0 Å². The zero-order valence-corrected chi connectivity index (χ0v) is 5.71. The van der Waals surface area contributed by atoms with E-state index in [1.807, 2.05) is 0 Å². The fraction of sp³-hybridized carbons (Fsp3) is 0.667. The minimum atomic E-state index is 0.272. The van der Waals surface area contributed by atoms with Crippen molar-refractivity contribution in [3.05, 3.63) is 11.5 Å². The molecule has 1 heterocycles. The van der Waals surface area contributed by atoms with Gasteiger partial charge in [0.15, 0.2) is 0 Å². The summed E-state index contributed by atoms with van der Waals surface area (Å²) in [5, 5.41) is 0. The zero-order chi connectivity index (χ0) is 5.98. The Balaban J connectivity index is 2.39. The van der Waals surface area contributed by atoms with Gasteiger partial charge in [0.25, 0.3) is 0 Å². The number of thioether (sulfide) groups is 1. The van der Waals surface area contributed by atoms with Gasteiger partial charge < -0.3 is 5.73 Å². The summed E-state index contributed by atoms with van der Waals surface area (Å²) in [7, 11) is 0. The lowest BCUT2D eigenvalue weighted by Crippen LogP contribution is -2.23. The van der Waals surface area contributed by atoms with Crippen LogP contribution in [0.3, 0.4) is 0 Å². The molecule has 1 saturated heterocycles. The molecule has 0 saturated carbocycles. The zero-order valence-electron chi connectivity index (χ0n) is 4.89. The lowest BCUT2D eigenvalue weighted by molar-refractivity contribution is 0.689. The van der Waals surface area contributed by atoms with Gasteiger partial charge in [-0.2, -0.15) is 0 Å². The molecule has 1 fully saturated rings. The second-order valence-corrected chi connectivity index (χ2v) is 3.28. The minimum Gasteiger partial charge on any atom is -0.324 e. The Bertz CT molecular complexity index is 101. The molecule has 2 heteroatoms. The van der Waals surface area contributed by atoms with Gasteiger partial charge >= 0.3 is 0 Å². The normalized spacial score (nSPS) is 30.6. The van der Waals surface area contributed by atoms with Crippen LogP contribution >= 0.6 is 11.8 Å². The molecule has 0 spiro atoms. The van der Waals surface area contributed by atoms with Crippen LogP contribution in [0.25, 0.3) is 0 Å². The lowest BCUT2D eigenvalue weighted by atomic mass is 10.2. The summed E-state index contributed by atoms with van der Waals surface area (Å²) in [6, 6.07) is 0.272. The fourth-order valence-electron chi connectivity index (χ4n) is 0.775. The summed E-state index contributed by atoms with van der Waals surface area (Å²) in [6.07, 6.45) is 2.39. The van der Waals surface area contributed by atoms with Crippen molar-refractivity contribution in [2.45, 2.75) is 18.9 Å². The molecule has 0 aromatic carbocycles. The van der Waals surface area contributed by atoms with Crippen molar-refractivity contribution in [3.63, 3.8) is 0 Å². The van der Waals surface area contributed by atoms with Crippen molar-refractivity contribution in [3.8, 4) is 0 Å². The summed E-state index contributed by atoms with van der Waals surface area (Å²) in [4.78, 5) is 1.16. The minimum absolute atomic E-state index is 0.272. The van der Waals surface area contributed by atoms with E-state index in [-0.39, 0.29) is 6.04 Å². The Hall–Kier alpha value is 0.0500. The SMILES string of the molecule is C=C1SCCCC1N. The van der Waals surface area contributed by atoms with E-state index in [4.69, 9.17) is 5.73 Å². The third kappa shape index (κ3) is 1.26. The molecule has 0 amide bonds. The second kappa shape index (κ2) is 2.55. The molecule has 1 unspecified atom stereocenters. The summed E-state index contributed by atoms with van der Waals surface area (Å²) >= 11 is 1.81. The third-order valence-electron chi connectivity index (χ3n) is 1.36. The third-order valence-corrected chi connectivity index (χ3v) is 2.53. The molecule has 0 aliphatic carbocycles. The maximum Gasteiger partial charge on any atom is 0.0349 e. The number of hydrogen-bond donors (Lipinski definition) is 1. The van der Waals surface area contributed by atoms with Gasteiger partial charge in [-0.1, -0.05) is 6.58 Å². The van der Waals surface area contributed by atoms with E-state index < -0.39 is 0 Å². The largest absolute Gasteiger partial charge is 0.324 e. The molecule has 1 rings (SSSR count). The molecule has 0 aromatic rings. The van der Waals surface area contributed by atoms with Crippen LogP contribution in [0.2, 0.25) is 0 Å². The number of rotatable bonds is 0. The summed E-state index contributed by atoms with van der Waals surface area (Å²) in [5.41, 5.74) is 5.66. The highest BCUT2D eigenvalue weighted by atomic mass is 32.2. The van der Waals surface area contributed by atoms with Gasteiger partial charge in [0.2, 0.25) is 0 Å². The second-order valence-electron chi connectivity index (χ2n) is 2.06. The number of hydrogen-bond acceptors (Lipinski definition) is 2. The summed E-state index contributed by atoms with van der Waals surface area (Å²) in [5.74, 6) is 1.21. The molecule has 1 atom stereocenters. The number of nitrogens with two attached hydrogens (primary N) is 1. The topological polar surface area (TPSA) is 26.0 Å². The molecule has 2 N–H and O–H groups in total. The van der Waals surface area contributed by atoms with Crippen molar-refractivity contribution in [1.29, 1.82) is 0 Å². The predicted octanol–water partition coefficient (Wildman–Crippen LogP) is 1.35. The Kier molecular flexibility index (Phi) is 1.97. The predicted molar refractivity (Wildman–Crippen MR) is 38.8 cm³/mol. The first kappa shape index (κ1) is 6.17. The Morgan fingerprint density at radius 3 is 2.88 bits per heavy atom. The van der Waals surface area contributed by atoms with Crippen LogP contribution in [0.5, 0.6) is 0 Å². The monoisotopic (exact) mass is 129 g/mol. The van der Waals surface area contributed by atoms with E-state index in [9.17, 15) is 0 Å².